The second-order valence-electron chi connectivity index (χ2n) is 4.25. The average Bonchev–Trinajstić information content (AvgIpc) is 2.38. The third kappa shape index (κ3) is 4.46. The maximum atomic E-state index is 12.1. The molecule has 0 aliphatic carbocycles. The van der Waals surface area contributed by atoms with Gasteiger partial charge in [0.25, 0.3) is 0 Å². The first-order valence-corrected chi connectivity index (χ1v) is 7.21. The van der Waals surface area contributed by atoms with Gasteiger partial charge in [-0.25, -0.2) is 0 Å². The fourth-order valence-electron chi connectivity index (χ4n) is 1.85. The van der Waals surface area contributed by atoms with Gasteiger partial charge < -0.3 is 4.74 Å². The van der Waals surface area contributed by atoms with E-state index in [4.69, 9.17) is 11.6 Å². The highest BCUT2D eigenvalue weighted by molar-refractivity contribution is 9.10. The van der Waals surface area contributed by atoms with Crippen molar-refractivity contribution in [2.24, 2.45) is 0 Å². The molecule has 0 aliphatic heterocycles. The van der Waals surface area contributed by atoms with Crippen LogP contribution >= 0.6 is 27.5 Å². The molecule has 0 amide bonds. The Balaban J connectivity index is 2.03. The minimum Gasteiger partial charge on any atom is -0.435 e. The molecule has 2 aromatic carbocycles. The van der Waals surface area contributed by atoms with Gasteiger partial charge in [0.05, 0.1) is 5.38 Å². The highest BCUT2D eigenvalue weighted by atomic mass is 79.9. The first kappa shape index (κ1) is 15.3. The first-order valence-electron chi connectivity index (χ1n) is 5.98. The van der Waals surface area contributed by atoms with Gasteiger partial charge in [-0.1, -0.05) is 40.2 Å². The third-order valence-corrected chi connectivity index (χ3v) is 3.67. The number of hydrogen-bond donors (Lipinski definition) is 0. The van der Waals surface area contributed by atoms with E-state index in [0.29, 0.717) is 6.42 Å². The van der Waals surface area contributed by atoms with Crippen LogP contribution in [0.4, 0.5) is 8.78 Å². The van der Waals surface area contributed by atoms with E-state index in [1.165, 1.54) is 12.1 Å². The summed E-state index contributed by atoms with van der Waals surface area (Å²) in [5.41, 5.74) is 1.97. The van der Waals surface area contributed by atoms with Crippen molar-refractivity contribution < 1.29 is 13.5 Å². The molecule has 0 spiro atoms. The predicted octanol–water partition coefficient (Wildman–Crippen LogP) is 5.57. The number of benzene rings is 2. The molecular weight excluding hydrogens is 350 g/mol. The Morgan fingerprint density at radius 2 is 1.80 bits per heavy atom. The Morgan fingerprint density at radius 1 is 1.10 bits per heavy atom. The highest BCUT2D eigenvalue weighted by Crippen LogP contribution is 2.27. The van der Waals surface area contributed by atoms with Crippen LogP contribution in [0.3, 0.4) is 0 Å². The SMILES string of the molecule is FC(F)Oc1ccc(C(Cl)Cc2cccc(Br)c2)cc1. The van der Waals surface area contributed by atoms with Gasteiger partial charge in [0.15, 0.2) is 0 Å². The Hall–Kier alpha value is -1.13. The zero-order valence-electron chi connectivity index (χ0n) is 10.4. The van der Waals surface area contributed by atoms with Gasteiger partial charge >= 0.3 is 6.61 Å². The molecule has 0 N–H and O–H groups in total. The molecule has 0 saturated heterocycles. The summed E-state index contributed by atoms with van der Waals surface area (Å²) in [5.74, 6) is 0.134. The maximum absolute atomic E-state index is 12.1. The van der Waals surface area contributed by atoms with Crippen molar-refractivity contribution in [3.05, 3.63) is 64.1 Å². The molecule has 106 valence electrons. The molecule has 0 heterocycles. The quantitative estimate of drug-likeness (QED) is 0.632. The molecule has 0 aliphatic rings. The molecule has 5 heteroatoms. The standard InChI is InChI=1S/C15H12BrClF2O/c16-12-3-1-2-10(8-12)9-14(17)11-4-6-13(7-5-11)20-15(18)19/h1-8,14-15H,9H2. The molecule has 1 atom stereocenters. The second kappa shape index (κ2) is 7.04. The smallest absolute Gasteiger partial charge is 0.387 e. The number of ether oxygens (including phenoxy) is 1. The van der Waals surface area contributed by atoms with Crippen molar-refractivity contribution in [2.45, 2.75) is 18.4 Å². The lowest BCUT2D eigenvalue weighted by atomic mass is 10.0. The van der Waals surface area contributed by atoms with E-state index in [1.54, 1.807) is 12.1 Å². The van der Waals surface area contributed by atoms with Crippen molar-refractivity contribution in [1.82, 2.24) is 0 Å². The second-order valence-corrected chi connectivity index (χ2v) is 5.69. The van der Waals surface area contributed by atoms with Gasteiger partial charge in [-0.2, -0.15) is 8.78 Å². The van der Waals surface area contributed by atoms with Crippen LogP contribution in [0.2, 0.25) is 0 Å². The zero-order chi connectivity index (χ0) is 14.5. The van der Waals surface area contributed by atoms with Gasteiger partial charge in [-0.05, 0) is 41.8 Å². The molecule has 0 fully saturated rings. The van der Waals surface area contributed by atoms with Crippen LogP contribution in [-0.4, -0.2) is 6.61 Å². The first-order chi connectivity index (χ1) is 9.54. The van der Waals surface area contributed by atoms with Gasteiger partial charge in [-0.15, -0.1) is 11.6 Å². The van der Waals surface area contributed by atoms with Crippen LogP contribution in [0.25, 0.3) is 0 Å². The Morgan fingerprint density at radius 3 is 2.40 bits per heavy atom. The third-order valence-electron chi connectivity index (χ3n) is 2.77. The summed E-state index contributed by atoms with van der Waals surface area (Å²) in [6.45, 7) is -2.81. The minimum absolute atomic E-state index is 0.134. The molecule has 1 nitrogen and oxygen atoms in total. The molecular formula is C15H12BrClF2O. The lowest BCUT2D eigenvalue weighted by Crippen LogP contribution is -2.02. The summed E-state index contributed by atoms with van der Waals surface area (Å²) >= 11 is 9.76. The minimum atomic E-state index is -2.81. The molecule has 1 unspecified atom stereocenters. The van der Waals surface area contributed by atoms with Crippen LogP contribution in [-0.2, 0) is 6.42 Å². The van der Waals surface area contributed by atoms with Crippen LogP contribution in [0, 0.1) is 0 Å². The van der Waals surface area contributed by atoms with E-state index in [1.807, 2.05) is 24.3 Å². The van der Waals surface area contributed by atoms with Crippen molar-refractivity contribution in [2.75, 3.05) is 0 Å². The van der Waals surface area contributed by atoms with Crippen molar-refractivity contribution in [3.8, 4) is 5.75 Å². The molecule has 0 aromatic heterocycles. The van der Waals surface area contributed by atoms with E-state index in [9.17, 15) is 8.78 Å². The van der Waals surface area contributed by atoms with E-state index >= 15 is 0 Å². The van der Waals surface area contributed by atoms with E-state index in [2.05, 4.69) is 20.7 Å². The van der Waals surface area contributed by atoms with Gasteiger partial charge in [-0.3, -0.25) is 0 Å². The molecule has 20 heavy (non-hydrogen) atoms. The average molecular weight is 362 g/mol. The Kier molecular flexibility index (Phi) is 5.38. The topological polar surface area (TPSA) is 9.23 Å². The largest absolute Gasteiger partial charge is 0.435 e. The predicted molar refractivity (Wildman–Crippen MR) is 79.5 cm³/mol. The number of rotatable bonds is 5. The van der Waals surface area contributed by atoms with Crippen molar-refractivity contribution in [3.63, 3.8) is 0 Å². The summed E-state index contributed by atoms with van der Waals surface area (Å²) in [4.78, 5) is 0. The molecule has 0 bridgehead atoms. The normalized spacial score (nSPS) is 12.4. The van der Waals surface area contributed by atoms with Gasteiger partial charge in [0.1, 0.15) is 5.75 Å². The Labute approximate surface area is 129 Å². The summed E-state index contributed by atoms with van der Waals surface area (Å²) in [6, 6.07) is 14.3. The number of alkyl halides is 3. The summed E-state index contributed by atoms with van der Waals surface area (Å²) in [5, 5.41) is -0.218. The van der Waals surface area contributed by atoms with E-state index < -0.39 is 6.61 Å². The van der Waals surface area contributed by atoms with Gasteiger partial charge in [0.2, 0.25) is 0 Å². The molecule has 0 saturated carbocycles. The monoisotopic (exact) mass is 360 g/mol. The van der Waals surface area contributed by atoms with Crippen LogP contribution < -0.4 is 4.74 Å². The summed E-state index contributed by atoms with van der Waals surface area (Å²) in [7, 11) is 0. The lowest BCUT2D eigenvalue weighted by Gasteiger charge is -2.11. The summed E-state index contributed by atoms with van der Waals surface area (Å²) in [6.07, 6.45) is 0.663. The lowest BCUT2D eigenvalue weighted by molar-refractivity contribution is -0.0498. The molecule has 2 rings (SSSR count). The molecule has 0 radical (unpaired) electrons. The van der Waals surface area contributed by atoms with Crippen LogP contribution in [0.5, 0.6) is 5.75 Å². The van der Waals surface area contributed by atoms with E-state index in [0.717, 1.165) is 15.6 Å². The van der Waals surface area contributed by atoms with E-state index in [-0.39, 0.29) is 11.1 Å². The maximum Gasteiger partial charge on any atom is 0.387 e. The zero-order valence-corrected chi connectivity index (χ0v) is 12.7. The number of halogens is 4. The van der Waals surface area contributed by atoms with Gasteiger partial charge in [0, 0.05) is 4.47 Å². The highest BCUT2D eigenvalue weighted by Gasteiger charge is 2.10. The number of hydrogen-bond acceptors (Lipinski definition) is 1. The Bertz CT molecular complexity index is 560. The fourth-order valence-corrected chi connectivity index (χ4v) is 2.62. The molecule has 2 aromatic rings. The van der Waals surface area contributed by atoms with Crippen molar-refractivity contribution >= 4 is 27.5 Å². The van der Waals surface area contributed by atoms with Crippen LogP contribution in [0.15, 0.2) is 53.0 Å². The summed E-state index contributed by atoms with van der Waals surface area (Å²) < 4.78 is 29.4. The van der Waals surface area contributed by atoms with Crippen molar-refractivity contribution in [1.29, 1.82) is 0 Å². The fraction of sp³-hybridized carbons (Fsp3) is 0.200. The van der Waals surface area contributed by atoms with Crippen LogP contribution in [0.1, 0.15) is 16.5 Å².